The lowest BCUT2D eigenvalue weighted by Crippen LogP contribution is -2.48. The average Bonchev–Trinajstić information content (AvgIpc) is 2.43. The molecule has 2 amide bonds. The van der Waals surface area contributed by atoms with Gasteiger partial charge < -0.3 is 15.4 Å². The van der Waals surface area contributed by atoms with Crippen molar-refractivity contribution in [1.29, 1.82) is 0 Å². The van der Waals surface area contributed by atoms with Gasteiger partial charge in [0.05, 0.1) is 6.42 Å². The molecule has 102 valence electrons. The van der Waals surface area contributed by atoms with Crippen molar-refractivity contribution in [2.45, 2.75) is 25.8 Å². The SMILES string of the molecule is CCCNC(=O)[C@H](C=O)NC(=O)Cc1ccccc1. The van der Waals surface area contributed by atoms with Gasteiger partial charge in [-0.25, -0.2) is 0 Å². The second kappa shape index (κ2) is 8.02. The molecule has 0 aromatic heterocycles. The van der Waals surface area contributed by atoms with Crippen LogP contribution in [0, 0.1) is 0 Å². The Kier molecular flexibility index (Phi) is 6.29. The lowest BCUT2D eigenvalue weighted by Gasteiger charge is -2.12. The highest BCUT2D eigenvalue weighted by molar-refractivity contribution is 5.99. The van der Waals surface area contributed by atoms with Crippen molar-refractivity contribution in [1.82, 2.24) is 10.6 Å². The Morgan fingerprint density at radius 3 is 2.53 bits per heavy atom. The van der Waals surface area contributed by atoms with Crippen LogP contribution in [-0.2, 0) is 20.8 Å². The van der Waals surface area contributed by atoms with Gasteiger partial charge in [-0.05, 0) is 12.0 Å². The molecule has 1 aromatic rings. The molecule has 5 nitrogen and oxygen atoms in total. The second-order valence-electron chi connectivity index (χ2n) is 4.13. The van der Waals surface area contributed by atoms with Crippen molar-refractivity contribution >= 4 is 18.1 Å². The van der Waals surface area contributed by atoms with Crippen LogP contribution in [0.25, 0.3) is 0 Å². The first-order chi connectivity index (χ1) is 9.17. The fourth-order valence-electron chi connectivity index (χ4n) is 1.53. The number of amides is 2. The van der Waals surface area contributed by atoms with Gasteiger partial charge >= 0.3 is 0 Å². The lowest BCUT2D eigenvalue weighted by atomic mass is 10.1. The molecule has 0 saturated carbocycles. The summed E-state index contributed by atoms with van der Waals surface area (Å²) in [7, 11) is 0. The first-order valence-corrected chi connectivity index (χ1v) is 6.23. The quantitative estimate of drug-likeness (QED) is 0.553. The topological polar surface area (TPSA) is 75.3 Å². The molecular weight excluding hydrogens is 244 g/mol. The molecule has 1 rings (SSSR count). The third-order valence-corrected chi connectivity index (χ3v) is 2.49. The number of carbonyl (C=O) groups excluding carboxylic acids is 3. The summed E-state index contributed by atoms with van der Waals surface area (Å²) >= 11 is 0. The maximum atomic E-state index is 11.7. The number of benzene rings is 1. The summed E-state index contributed by atoms with van der Waals surface area (Å²) in [6.45, 7) is 2.39. The summed E-state index contributed by atoms with van der Waals surface area (Å²) in [5, 5.41) is 4.97. The van der Waals surface area contributed by atoms with E-state index in [4.69, 9.17) is 0 Å². The maximum Gasteiger partial charge on any atom is 0.250 e. The zero-order valence-corrected chi connectivity index (χ0v) is 10.9. The molecule has 19 heavy (non-hydrogen) atoms. The minimum Gasteiger partial charge on any atom is -0.354 e. The van der Waals surface area contributed by atoms with Crippen molar-refractivity contribution in [3.8, 4) is 0 Å². The third-order valence-electron chi connectivity index (χ3n) is 2.49. The van der Waals surface area contributed by atoms with Crippen molar-refractivity contribution in [2.24, 2.45) is 0 Å². The molecular formula is C14H18N2O3. The summed E-state index contributed by atoms with van der Waals surface area (Å²) in [6.07, 6.45) is 1.36. The van der Waals surface area contributed by atoms with Crippen LogP contribution in [-0.4, -0.2) is 30.7 Å². The summed E-state index contributed by atoms with van der Waals surface area (Å²) in [4.78, 5) is 34.1. The molecule has 2 N–H and O–H groups in total. The molecule has 0 saturated heterocycles. The third kappa shape index (κ3) is 5.33. The molecule has 0 radical (unpaired) electrons. The lowest BCUT2D eigenvalue weighted by molar-refractivity contribution is -0.131. The molecule has 0 unspecified atom stereocenters. The van der Waals surface area contributed by atoms with Crippen LogP contribution in [0.15, 0.2) is 30.3 Å². The van der Waals surface area contributed by atoms with Gasteiger partial charge in [-0.2, -0.15) is 0 Å². The fourth-order valence-corrected chi connectivity index (χ4v) is 1.53. The monoisotopic (exact) mass is 262 g/mol. The van der Waals surface area contributed by atoms with Gasteiger partial charge in [0.1, 0.15) is 0 Å². The summed E-state index contributed by atoms with van der Waals surface area (Å²) < 4.78 is 0. The van der Waals surface area contributed by atoms with Gasteiger partial charge in [0.2, 0.25) is 11.8 Å². The Morgan fingerprint density at radius 1 is 1.26 bits per heavy atom. The van der Waals surface area contributed by atoms with E-state index in [0.29, 0.717) is 12.8 Å². The molecule has 5 heteroatoms. The van der Waals surface area contributed by atoms with Crippen LogP contribution >= 0.6 is 0 Å². The van der Waals surface area contributed by atoms with E-state index in [1.54, 1.807) is 0 Å². The Hall–Kier alpha value is -2.17. The Bertz CT molecular complexity index is 432. The number of aldehydes is 1. The van der Waals surface area contributed by atoms with Gasteiger partial charge in [0.15, 0.2) is 12.3 Å². The van der Waals surface area contributed by atoms with Crippen LogP contribution in [0.1, 0.15) is 18.9 Å². The normalized spacial score (nSPS) is 11.4. The summed E-state index contributed by atoms with van der Waals surface area (Å²) in [5.41, 5.74) is 0.832. The highest BCUT2D eigenvalue weighted by Gasteiger charge is 2.19. The zero-order chi connectivity index (χ0) is 14.1. The predicted molar refractivity (Wildman–Crippen MR) is 71.4 cm³/mol. The highest BCUT2D eigenvalue weighted by atomic mass is 16.2. The molecule has 1 atom stereocenters. The molecule has 0 aliphatic carbocycles. The van der Waals surface area contributed by atoms with Gasteiger partial charge in [0, 0.05) is 6.54 Å². The summed E-state index contributed by atoms with van der Waals surface area (Å²) in [5.74, 6) is -0.826. The van der Waals surface area contributed by atoms with Crippen LogP contribution in [0.4, 0.5) is 0 Å². The molecule has 0 aliphatic heterocycles. The Morgan fingerprint density at radius 2 is 1.95 bits per heavy atom. The zero-order valence-electron chi connectivity index (χ0n) is 10.9. The van der Waals surface area contributed by atoms with Gasteiger partial charge in [-0.3, -0.25) is 9.59 Å². The van der Waals surface area contributed by atoms with Crippen molar-refractivity contribution < 1.29 is 14.4 Å². The van der Waals surface area contributed by atoms with Crippen LogP contribution < -0.4 is 10.6 Å². The Balaban J connectivity index is 2.49. The van der Waals surface area contributed by atoms with Gasteiger partial charge in [0.25, 0.3) is 0 Å². The molecule has 0 spiro atoms. The smallest absolute Gasteiger partial charge is 0.250 e. The standard InChI is InChI=1S/C14H18N2O3/c1-2-8-15-14(19)12(10-17)16-13(18)9-11-6-4-3-5-7-11/h3-7,10,12H,2,8-9H2,1H3,(H,15,19)(H,16,18)/t12-/m0/s1. The second-order valence-corrected chi connectivity index (χ2v) is 4.13. The average molecular weight is 262 g/mol. The molecule has 0 bridgehead atoms. The van der Waals surface area contributed by atoms with E-state index in [9.17, 15) is 14.4 Å². The number of hydrogen-bond acceptors (Lipinski definition) is 3. The minimum absolute atomic E-state index is 0.145. The minimum atomic E-state index is -1.12. The van der Waals surface area contributed by atoms with Crippen LogP contribution in [0.5, 0.6) is 0 Å². The first-order valence-electron chi connectivity index (χ1n) is 6.23. The maximum absolute atomic E-state index is 11.7. The van der Waals surface area contributed by atoms with E-state index in [1.807, 2.05) is 37.3 Å². The molecule has 0 fully saturated rings. The van der Waals surface area contributed by atoms with E-state index < -0.39 is 11.9 Å². The van der Waals surface area contributed by atoms with E-state index in [2.05, 4.69) is 10.6 Å². The molecule has 0 heterocycles. The first kappa shape index (κ1) is 14.9. The number of hydrogen-bond donors (Lipinski definition) is 2. The number of carbonyl (C=O) groups is 3. The molecule has 1 aromatic carbocycles. The van der Waals surface area contributed by atoms with Crippen molar-refractivity contribution in [3.05, 3.63) is 35.9 Å². The van der Waals surface area contributed by atoms with Crippen molar-refractivity contribution in [3.63, 3.8) is 0 Å². The van der Waals surface area contributed by atoms with Crippen LogP contribution in [0.2, 0.25) is 0 Å². The Labute approximate surface area is 112 Å². The largest absolute Gasteiger partial charge is 0.354 e. The highest BCUT2D eigenvalue weighted by Crippen LogP contribution is 1.99. The van der Waals surface area contributed by atoms with Crippen molar-refractivity contribution in [2.75, 3.05) is 6.54 Å². The number of nitrogens with one attached hydrogen (secondary N) is 2. The van der Waals surface area contributed by atoms with E-state index in [1.165, 1.54) is 0 Å². The predicted octanol–water partition coefficient (Wildman–Crippen LogP) is 0.439. The van der Waals surface area contributed by atoms with E-state index in [0.717, 1.165) is 12.0 Å². The fraction of sp³-hybridized carbons (Fsp3) is 0.357. The van der Waals surface area contributed by atoms with Crippen LogP contribution in [0.3, 0.4) is 0 Å². The van der Waals surface area contributed by atoms with E-state index >= 15 is 0 Å². The molecule has 0 aliphatic rings. The van der Waals surface area contributed by atoms with Gasteiger partial charge in [-0.1, -0.05) is 37.3 Å². The van der Waals surface area contributed by atoms with E-state index in [-0.39, 0.29) is 12.3 Å². The van der Waals surface area contributed by atoms with Gasteiger partial charge in [-0.15, -0.1) is 0 Å². The number of rotatable bonds is 7. The summed E-state index contributed by atoms with van der Waals surface area (Å²) in [6, 6.07) is 8.01.